The van der Waals surface area contributed by atoms with Gasteiger partial charge in [-0.1, -0.05) is 41.9 Å². The summed E-state index contributed by atoms with van der Waals surface area (Å²) in [6.07, 6.45) is 3.03. The van der Waals surface area contributed by atoms with Crippen LogP contribution in [0.1, 0.15) is 11.1 Å². The fourth-order valence-corrected chi connectivity index (χ4v) is 3.31. The van der Waals surface area contributed by atoms with Crippen molar-refractivity contribution < 1.29 is 4.79 Å². The molecule has 26 heavy (non-hydrogen) atoms. The molecular weight excluding hydrogens is 346 g/mol. The van der Waals surface area contributed by atoms with Crippen molar-refractivity contribution in [1.29, 1.82) is 0 Å². The summed E-state index contributed by atoms with van der Waals surface area (Å²) in [5.74, 6) is 0.819. The van der Waals surface area contributed by atoms with E-state index in [-0.39, 0.29) is 5.91 Å². The molecular formula is C21H18ClN3O. The molecule has 1 aromatic heterocycles. The first kappa shape index (κ1) is 16.6. The van der Waals surface area contributed by atoms with Crippen LogP contribution in [-0.2, 0) is 17.6 Å². The molecule has 1 aliphatic heterocycles. The van der Waals surface area contributed by atoms with Crippen LogP contribution in [0.15, 0.2) is 66.9 Å². The van der Waals surface area contributed by atoms with Gasteiger partial charge in [-0.15, -0.1) is 0 Å². The predicted molar refractivity (Wildman–Crippen MR) is 105 cm³/mol. The Morgan fingerprint density at radius 2 is 1.88 bits per heavy atom. The summed E-state index contributed by atoms with van der Waals surface area (Å²) in [6.45, 7) is 0.925. The molecule has 0 spiro atoms. The van der Waals surface area contributed by atoms with Crippen molar-refractivity contribution in [3.05, 3.63) is 83.0 Å². The van der Waals surface area contributed by atoms with Crippen LogP contribution in [0.2, 0.25) is 5.02 Å². The van der Waals surface area contributed by atoms with E-state index in [9.17, 15) is 4.79 Å². The maximum atomic E-state index is 12.2. The summed E-state index contributed by atoms with van der Waals surface area (Å²) in [6, 6.07) is 19.5. The van der Waals surface area contributed by atoms with E-state index in [0.717, 1.165) is 24.3 Å². The van der Waals surface area contributed by atoms with Gasteiger partial charge in [0.05, 0.1) is 18.3 Å². The second-order valence-electron chi connectivity index (χ2n) is 6.29. The van der Waals surface area contributed by atoms with Crippen molar-refractivity contribution in [2.24, 2.45) is 0 Å². The molecule has 1 aliphatic rings. The van der Waals surface area contributed by atoms with Crippen molar-refractivity contribution in [1.82, 2.24) is 4.98 Å². The number of hydrogen-bond acceptors (Lipinski definition) is 3. The van der Waals surface area contributed by atoms with Gasteiger partial charge in [0, 0.05) is 17.3 Å². The Hall–Kier alpha value is -2.85. The topological polar surface area (TPSA) is 45.2 Å². The average molecular weight is 364 g/mol. The third-order valence-electron chi connectivity index (χ3n) is 4.47. The molecule has 0 saturated carbocycles. The van der Waals surface area contributed by atoms with Crippen LogP contribution in [0, 0.1) is 0 Å². The van der Waals surface area contributed by atoms with Gasteiger partial charge in [-0.25, -0.2) is 4.98 Å². The molecule has 4 nitrogen and oxygen atoms in total. The van der Waals surface area contributed by atoms with Crippen molar-refractivity contribution in [2.45, 2.75) is 12.8 Å². The van der Waals surface area contributed by atoms with Gasteiger partial charge in [-0.05, 0) is 47.9 Å². The Morgan fingerprint density at radius 1 is 1.08 bits per heavy atom. The lowest BCUT2D eigenvalue weighted by Crippen LogP contribution is -2.16. The lowest BCUT2D eigenvalue weighted by Gasteiger charge is -2.18. The Morgan fingerprint density at radius 3 is 2.65 bits per heavy atom. The number of carbonyl (C=O) groups excluding carboxylic acids is 1. The highest BCUT2D eigenvalue weighted by Gasteiger charge is 2.20. The number of nitrogens with one attached hydrogen (secondary N) is 1. The van der Waals surface area contributed by atoms with E-state index < -0.39 is 0 Å². The van der Waals surface area contributed by atoms with Gasteiger partial charge < -0.3 is 10.2 Å². The van der Waals surface area contributed by atoms with Crippen LogP contribution < -0.4 is 10.2 Å². The number of rotatable bonds is 4. The zero-order valence-electron chi connectivity index (χ0n) is 14.2. The molecule has 2 aromatic carbocycles. The van der Waals surface area contributed by atoms with Gasteiger partial charge in [-0.2, -0.15) is 0 Å². The number of amides is 1. The van der Waals surface area contributed by atoms with Crippen LogP contribution in [0.4, 0.5) is 17.2 Å². The van der Waals surface area contributed by atoms with Crippen molar-refractivity contribution in [3.8, 4) is 0 Å². The van der Waals surface area contributed by atoms with Crippen LogP contribution in [0.5, 0.6) is 0 Å². The number of fused-ring (bicyclic) bond motifs is 1. The molecule has 1 amide bonds. The molecule has 0 radical (unpaired) electrons. The highest BCUT2D eigenvalue weighted by atomic mass is 35.5. The lowest BCUT2D eigenvalue weighted by atomic mass is 10.1. The molecule has 0 fully saturated rings. The SMILES string of the molecule is O=C(Cc1ccc(Cl)cc1)Nc1ccc(N2CCc3ccccc32)nc1. The Bertz CT molecular complexity index is 923. The highest BCUT2D eigenvalue weighted by molar-refractivity contribution is 6.30. The van der Waals surface area contributed by atoms with Crippen molar-refractivity contribution in [3.63, 3.8) is 0 Å². The summed E-state index contributed by atoms with van der Waals surface area (Å²) >= 11 is 5.87. The minimum atomic E-state index is -0.0756. The number of para-hydroxylation sites is 1. The van der Waals surface area contributed by atoms with Crippen LogP contribution >= 0.6 is 11.6 Å². The van der Waals surface area contributed by atoms with Crippen LogP contribution in [-0.4, -0.2) is 17.4 Å². The molecule has 2 heterocycles. The third-order valence-corrected chi connectivity index (χ3v) is 4.73. The zero-order chi connectivity index (χ0) is 17.9. The van der Waals surface area contributed by atoms with E-state index in [4.69, 9.17) is 11.6 Å². The maximum Gasteiger partial charge on any atom is 0.228 e. The maximum absolute atomic E-state index is 12.2. The molecule has 4 rings (SSSR count). The van der Waals surface area contributed by atoms with E-state index in [2.05, 4.69) is 33.4 Å². The van der Waals surface area contributed by atoms with Gasteiger partial charge in [0.25, 0.3) is 0 Å². The minimum Gasteiger partial charge on any atom is -0.326 e. The number of pyridine rings is 1. The van der Waals surface area contributed by atoms with Crippen LogP contribution in [0.25, 0.3) is 0 Å². The molecule has 0 atom stereocenters. The predicted octanol–water partition coefficient (Wildman–Crippen LogP) is 4.61. The zero-order valence-corrected chi connectivity index (χ0v) is 14.9. The monoisotopic (exact) mass is 363 g/mol. The van der Waals surface area contributed by atoms with E-state index in [1.165, 1.54) is 11.3 Å². The summed E-state index contributed by atoms with van der Waals surface area (Å²) in [5.41, 5.74) is 4.17. The molecule has 0 saturated heterocycles. The van der Waals surface area contributed by atoms with E-state index in [0.29, 0.717) is 17.1 Å². The number of aromatic nitrogens is 1. The summed E-state index contributed by atoms with van der Waals surface area (Å²) < 4.78 is 0. The number of hydrogen-bond donors (Lipinski definition) is 1. The number of anilines is 3. The first-order valence-corrected chi connectivity index (χ1v) is 8.93. The molecule has 3 aromatic rings. The second kappa shape index (κ2) is 7.18. The molecule has 0 aliphatic carbocycles. The molecule has 1 N–H and O–H groups in total. The second-order valence-corrected chi connectivity index (χ2v) is 6.72. The Kier molecular flexibility index (Phi) is 4.59. The van der Waals surface area contributed by atoms with E-state index in [1.54, 1.807) is 18.3 Å². The van der Waals surface area contributed by atoms with E-state index >= 15 is 0 Å². The van der Waals surface area contributed by atoms with Gasteiger partial charge in [0.15, 0.2) is 0 Å². The highest BCUT2D eigenvalue weighted by Crippen LogP contribution is 2.33. The minimum absolute atomic E-state index is 0.0756. The van der Waals surface area contributed by atoms with Crippen LogP contribution in [0.3, 0.4) is 0 Å². The largest absolute Gasteiger partial charge is 0.326 e. The molecule has 5 heteroatoms. The van der Waals surface area contributed by atoms with Gasteiger partial charge in [0.1, 0.15) is 5.82 Å². The third kappa shape index (κ3) is 3.55. The van der Waals surface area contributed by atoms with Gasteiger partial charge in [0.2, 0.25) is 5.91 Å². The normalized spacial score (nSPS) is 12.7. The smallest absolute Gasteiger partial charge is 0.228 e. The first-order valence-electron chi connectivity index (χ1n) is 8.55. The lowest BCUT2D eigenvalue weighted by molar-refractivity contribution is -0.115. The van der Waals surface area contributed by atoms with E-state index in [1.807, 2.05) is 30.3 Å². The summed E-state index contributed by atoms with van der Waals surface area (Å²) in [5, 5.41) is 3.55. The first-order chi connectivity index (χ1) is 12.7. The molecule has 130 valence electrons. The molecule has 0 unspecified atom stereocenters. The number of carbonyl (C=O) groups is 1. The standard InChI is InChI=1S/C21H18ClN3O/c22-17-7-5-15(6-8-17)13-21(26)24-18-9-10-20(23-14-18)25-12-11-16-3-1-2-4-19(16)25/h1-10,14H,11-13H2,(H,24,26). The van der Waals surface area contributed by atoms with Crippen molar-refractivity contribution >= 4 is 34.7 Å². The Balaban J connectivity index is 1.42. The summed E-state index contributed by atoms with van der Waals surface area (Å²) in [7, 11) is 0. The fourth-order valence-electron chi connectivity index (χ4n) is 3.19. The average Bonchev–Trinajstić information content (AvgIpc) is 3.08. The van der Waals surface area contributed by atoms with Gasteiger partial charge in [-0.3, -0.25) is 4.79 Å². The number of nitrogens with zero attached hydrogens (tertiary/aromatic N) is 2. The Labute approximate surface area is 157 Å². The molecule has 0 bridgehead atoms. The fraction of sp³-hybridized carbons (Fsp3) is 0.143. The number of halogens is 1. The quantitative estimate of drug-likeness (QED) is 0.736. The van der Waals surface area contributed by atoms with Gasteiger partial charge >= 0.3 is 0 Å². The summed E-state index contributed by atoms with van der Waals surface area (Å²) in [4.78, 5) is 18.9. The van der Waals surface area contributed by atoms with Crippen molar-refractivity contribution in [2.75, 3.05) is 16.8 Å². The number of benzene rings is 2.